The molecule has 0 bridgehead atoms. The first-order valence-electron chi connectivity index (χ1n) is 5.22. The van der Waals surface area contributed by atoms with Gasteiger partial charge in [-0.25, -0.2) is 0 Å². The summed E-state index contributed by atoms with van der Waals surface area (Å²) in [5.74, 6) is 0.0272. The molecule has 3 N–H and O–H groups in total. The van der Waals surface area contributed by atoms with Crippen LogP contribution in [-0.2, 0) is 4.79 Å². The Kier molecular flexibility index (Phi) is 3.77. The van der Waals surface area contributed by atoms with E-state index in [1.807, 2.05) is 26.0 Å². The highest BCUT2D eigenvalue weighted by Gasteiger charge is 2.07. The molecule has 0 aliphatic carbocycles. The number of likely N-dealkylation sites (N-methyl/N-ethyl adjacent to an activating group) is 1. The van der Waals surface area contributed by atoms with Gasteiger partial charge in [0.05, 0.1) is 17.9 Å². The number of hydrogen-bond donors (Lipinski definition) is 2. The lowest BCUT2D eigenvalue weighted by molar-refractivity contribution is -0.126. The number of nitrogens with one attached hydrogen (secondary N) is 1. The maximum Gasteiger partial charge on any atom is 0.241 e. The third-order valence-corrected chi connectivity index (χ3v) is 2.43. The topological polar surface area (TPSA) is 58.4 Å². The number of nitrogens with zero attached hydrogens (tertiary/aromatic N) is 1. The number of hydrogen-bond acceptors (Lipinski definition) is 3. The Bertz CT molecular complexity index is 376. The second-order valence-electron chi connectivity index (χ2n) is 4.19. The molecule has 0 fully saturated rings. The molecule has 0 atom stereocenters. The molecule has 0 saturated heterocycles. The summed E-state index contributed by atoms with van der Waals surface area (Å²) < 4.78 is 0. The van der Waals surface area contributed by atoms with Crippen molar-refractivity contribution in [2.75, 3.05) is 31.7 Å². The van der Waals surface area contributed by atoms with Crippen molar-refractivity contribution in [1.29, 1.82) is 0 Å². The van der Waals surface area contributed by atoms with Crippen LogP contribution in [-0.4, -0.2) is 31.4 Å². The van der Waals surface area contributed by atoms with Crippen molar-refractivity contribution >= 4 is 17.3 Å². The smallest absolute Gasteiger partial charge is 0.241 e. The molecule has 0 radical (unpaired) electrons. The normalized spacial score (nSPS) is 10.0. The van der Waals surface area contributed by atoms with Gasteiger partial charge in [0, 0.05) is 14.1 Å². The van der Waals surface area contributed by atoms with Gasteiger partial charge in [-0.1, -0.05) is 6.07 Å². The van der Waals surface area contributed by atoms with E-state index in [0.29, 0.717) is 5.69 Å². The second kappa shape index (κ2) is 4.88. The predicted molar refractivity (Wildman–Crippen MR) is 67.5 cm³/mol. The molecule has 1 amide bonds. The highest BCUT2D eigenvalue weighted by atomic mass is 16.2. The highest BCUT2D eigenvalue weighted by Crippen LogP contribution is 2.24. The average Bonchev–Trinajstić information content (AvgIpc) is 2.15. The molecule has 88 valence electrons. The van der Waals surface area contributed by atoms with Gasteiger partial charge >= 0.3 is 0 Å². The van der Waals surface area contributed by atoms with Gasteiger partial charge in [0.1, 0.15) is 0 Å². The Morgan fingerprint density at radius 2 is 2.00 bits per heavy atom. The summed E-state index contributed by atoms with van der Waals surface area (Å²) in [5.41, 5.74) is 9.61. The number of rotatable bonds is 3. The van der Waals surface area contributed by atoms with Crippen molar-refractivity contribution in [2.45, 2.75) is 13.8 Å². The Morgan fingerprint density at radius 1 is 1.38 bits per heavy atom. The Balaban J connectivity index is 2.78. The van der Waals surface area contributed by atoms with E-state index in [0.717, 1.165) is 16.8 Å². The Labute approximate surface area is 96.4 Å². The first-order chi connectivity index (χ1) is 7.41. The highest BCUT2D eigenvalue weighted by molar-refractivity contribution is 5.82. The van der Waals surface area contributed by atoms with Gasteiger partial charge in [-0.15, -0.1) is 0 Å². The van der Waals surface area contributed by atoms with Crippen LogP contribution in [0.4, 0.5) is 11.4 Å². The number of nitrogen functional groups attached to an aromatic ring is 1. The van der Waals surface area contributed by atoms with Crippen molar-refractivity contribution in [3.05, 3.63) is 23.3 Å². The minimum Gasteiger partial charge on any atom is -0.397 e. The van der Waals surface area contributed by atoms with Gasteiger partial charge in [0.15, 0.2) is 0 Å². The van der Waals surface area contributed by atoms with Crippen LogP contribution in [0, 0.1) is 13.8 Å². The van der Waals surface area contributed by atoms with E-state index < -0.39 is 0 Å². The molecule has 4 heteroatoms. The minimum atomic E-state index is 0.0272. The first kappa shape index (κ1) is 12.4. The molecule has 0 heterocycles. The van der Waals surface area contributed by atoms with Crippen LogP contribution < -0.4 is 11.1 Å². The summed E-state index contributed by atoms with van der Waals surface area (Å²) in [6, 6.07) is 3.94. The van der Waals surface area contributed by atoms with Crippen LogP contribution in [0.15, 0.2) is 12.1 Å². The number of aryl methyl sites for hydroxylation is 2. The van der Waals surface area contributed by atoms with E-state index in [2.05, 4.69) is 5.32 Å². The number of anilines is 2. The number of amides is 1. The zero-order chi connectivity index (χ0) is 12.3. The summed E-state index contributed by atoms with van der Waals surface area (Å²) >= 11 is 0. The minimum absolute atomic E-state index is 0.0272. The van der Waals surface area contributed by atoms with Crippen LogP contribution in [0.3, 0.4) is 0 Å². The van der Waals surface area contributed by atoms with E-state index in [1.165, 1.54) is 0 Å². The fourth-order valence-electron chi connectivity index (χ4n) is 1.56. The molecular formula is C12H19N3O. The van der Waals surface area contributed by atoms with E-state index in [1.54, 1.807) is 19.0 Å². The van der Waals surface area contributed by atoms with Crippen LogP contribution in [0.5, 0.6) is 0 Å². The van der Waals surface area contributed by atoms with Gasteiger partial charge in [-0.05, 0) is 31.0 Å². The van der Waals surface area contributed by atoms with Crippen LogP contribution in [0.2, 0.25) is 0 Å². The van der Waals surface area contributed by atoms with E-state index in [-0.39, 0.29) is 12.5 Å². The summed E-state index contributed by atoms with van der Waals surface area (Å²) in [7, 11) is 3.46. The van der Waals surface area contributed by atoms with E-state index in [9.17, 15) is 4.79 Å². The number of carbonyl (C=O) groups excluding carboxylic acids is 1. The predicted octanol–water partition coefficient (Wildman–Crippen LogP) is 1.39. The number of benzene rings is 1. The molecule has 1 rings (SSSR count). The number of carbonyl (C=O) groups is 1. The van der Waals surface area contributed by atoms with Crippen molar-refractivity contribution < 1.29 is 4.79 Å². The van der Waals surface area contributed by atoms with Crippen molar-refractivity contribution in [2.24, 2.45) is 0 Å². The lowest BCUT2D eigenvalue weighted by atomic mass is 10.1. The molecule has 4 nitrogen and oxygen atoms in total. The van der Waals surface area contributed by atoms with Gasteiger partial charge in [0.25, 0.3) is 0 Å². The Hall–Kier alpha value is -1.71. The summed E-state index contributed by atoms with van der Waals surface area (Å²) in [6.07, 6.45) is 0. The summed E-state index contributed by atoms with van der Waals surface area (Å²) in [5, 5.41) is 3.07. The van der Waals surface area contributed by atoms with Crippen LogP contribution in [0.1, 0.15) is 11.1 Å². The molecule has 0 aliphatic rings. The quantitative estimate of drug-likeness (QED) is 0.758. The fourth-order valence-corrected chi connectivity index (χ4v) is 1.56. The first-order valence-corrected chi connectivity index (χ1v) is 5.22. The summed E-state index contributed by atoms with van der Waals surface area (Å²) in [4.78, 5) is 13.0. The molecule has 0 aliphatic heterocycles. The van der Waals surface area contributed by atoms with Crippen molar-refractivity contribution in [3.63, 3.8) is 0 Å². The largest absolute Gasteiger partial charge is 0.397 e. The standard InChI is InChI=1S/C12H19N3O/c1-8-5-9(2)12(10(13)6-8)14-7-11(16)15(3)4/h5-6,14H,7,13H2,1-4H3. The SMILES string of the molecule is Cc1cc(C)c(NCC(=O)N(C)C)c(N)c1. The third-order valence-electron chi connectivity index (χ3n) is 2.43. The maximum atomic E-state index is 11.4. The molecular weight excluding hydrogens is 202 g/mol. The van der Waals surface area contributed by atoms with Crippen LogP contribution >= 0.6 is 0 Å². The van der Waals surface area contributed by atoms with Gasteiger partial charge in [-0.2, -0.15) is 0 Å². The molecule has 1 aromatic rings. The van der Waals surface area contributed by atoms with E-state index >= 15 is 0 Å². The van der Waals surface area contributed by atoms with E-state index in [4.69, 9.17) is 5.73 Å². The van der Waals surface area contributed by atoms with Gasteiger partial charge in [-0.3, -0.25) is 4.79 Å². The molecule has 1 aromatic carbocycles. The maximum absolute atomic E-state index is 11.4. The molecule has 0 saturated carbocycles. The lowest BCUT2D eigenvalue weighted by Crippen LogP contribution is -2.29. The second-order valence-corrected chi connectivity index (χ2v) is 4.19. The molecule has 0 spiro atoms. The van der Waals surface area contributed by atoms with Gasteiger partial charge in [0.2, 0.25) is 5.91 Å². The van der Waals surface area contributed by atoms with Gasteiger partial charge < -0.3 is 16.0 Å². The average molecular weight is 221 g/mol. The monoisotopic (exact) mass is 221 g/mol. The molecule has 0 aromatic heterocycles. The van der Waals surface area contributed by atoms with Crippen LogP contribution in [0.25, 0.3) is 0 Å². The molecule has 16 heavy (non-hydrogen) atoms. The zero-order valence-corrected chi connectivity index (χ0v) is 10.3. The molecule has 0 unspecified atom stereocenters. The summed E-state index contributed by atoms with van der Waals surface area (Å²) in [6.45, 7) is 4.24. The fraction of sp³-hybridized carbons (Fsp3) is 0.417. The third kappa shape index (κ3) is 2.89. The lowest BCUT2D eigenvalue weighted by Gasteiger charge is -2.15. The Morgan fingerprint density at radius 3 is 2.50 bits per heavy atom. The number of nitrogens with two attached hydrogens (primary N) is 1. The zero-order valence-electron chi connectivity index (χ0n) is 10.3. The van der Waals surface area contributed by atoms with Crippen molar-refractivity contribution in [3.8, 4) is 0 Å². The van der Waals surface area contributed by atoms with Crippen molar-refractivity contribution in [1.82, 2.24) is 4.90 Å².